The van der Waals surface area contributed by atoms with E-state index in [1.165, 1.54) is 0 Å². The summed E-state index contributed by atoms with van der Waals surface area (Å²) >= 11 is 0. The molecule has 6 heteroatoms. The van der Waals surface area contributed by atoms with E-state index in [1.807, 2.05) is 6.92 Å². The third-order valence-corrected chi connectivity index (χ3v) is 2.57. The molecule has 96 valence electrons. The number of rotatable bonds is 4. The van der Waals surface area contributed by atoms with Crippen molar-refractivity contribution in [2.75, 3.05) is 12.3 Å². The van der Waals surface area contributed by atoms with E-state index < -0.39 is 0 Å². The fourth-order valence-corrected chi connectivity index (χ4v) is 1.74. The zero-order chi connectivity index (χ0) is 13.1. The summed E-state index contributed by atoms with van der Waals surface area (Å²) in [6, 6.07) is 1.73. The summed E-state index contributed by atoms with van der Waals surface area (Å²) in [6.07, 6.45) is 3.30. The minimum atomic E-state index is -0.135. The molecular formula is C12H16N4O2. The average molecular weight is 248 g/mol. The van der Waals surface area contributed by atoms with Gasteiger partial charge in [-0.15, -0.1) is 0 Å². The number of nitrogens with zero attached hydrogens (tertiary/aromatic N) is 2. The predicted molar refractivity (Wildman–Crippen MR) is 67.2 cm³/mol. The second-order valence-corrected chi connectivity index (χ2v) is 4.12. The highest BCUT2D eigenvalue weighted by molar-refractivity contribution is 5.95. The normalized spacial score (nSPS) is 10.6. The van der Waals surface area contributed by atoms with Gasteiger partial charge in [0.05, 0.1) is 24.0 Å². The molecule has 2 aromatic rings. The van der Waals surface area contributed by atoms with Gasteiger partial charge in [0.1, 0.15) is 11.5 Å². The van der Waals surface area contributed by atoms with E-state index in [2.05, 4.69) is 10.4 Å². The number of hydrogen-bond donors (Lipinski definition) is 2. The first-order valence-electron chi connectivity index (χ1n) is 5.69. The van der Waals surface area contributed by atoms with Crippen LogP contribution in [0.5, 0.6) is 0 Å². The Kier molecular flexibility index (Phi) is 3.36. The van der Waals surface area contributed by atoms with Crippen LogP contribution >= 0.6 is 0 Å². The SMILES string of the molecule is Cc1cc(C(=O)NCCn2cc(N)cn2)c(C)o1. The van der Waals surface area contributed by atoms with Crippen LogP contribution in [0.2, 0.25) is 0 Å². The van der Waals surface area contributed by atoms with Crippen LogP contribution in [-0.2, 0) is 6.54 Å². The van der Waals surface area contributed by atoms with Gasteiger partial charge in [-0.05, 0) is 19.9 Å². The summed E-state index contributed by atoms with van der Waals surface area (Å²) in [6.45, 7) is 4.66. The molecule has 0 radical (unpaired) electrons. The maximum absolute atomic E-state index is 11.8. The Bertz CT molecular complexity index is 556. The van der Waals surface area contributed by atoms with Gasteiger partial charge in [-0.2, -0.15) is 5.10 Å². The number of nitrogen functional groups attached to an aromatic ring is 1. The Morgan fingerprint density at radius 3 is 2.89 bits per heavy atom. The van der Waals surface area contributed by atoms with E-state index in [0.717, 1.165) is 5.76 Å². The van der Waals surface area contributed by atoms with Crippen molar-refractivity contribution >= 4 is 11.6 Å². The molecule has 1 amide bonds. The number of anilines is 1. The van der Waals surface area contributed by atoms with E-state index in [4.69, 9.17) is 10.2 Å². The molecule has 0 aliphatic rings. The number of amides is 1. The average Bonchev–Trinajstić information content (AvgIpc) is 2.85. The van der Waals surface area contributed by atoms with Gasteiger partial charge >= 0.3 is 0 Å². The first-order chi connectivity index (χ1) is 8.56. The molecule has 0 bridgehead atoms. The van der Waals surface area contributed by atoms with Gasteiger partial charge < -0.3 is 15.5 Å². The third kappa shape index (κ3) is 2.71. The summed E-state index contributed by atoms with van der Waals surface area (Å²) in [5.41, 5.74) is 6.73. The molecule has 18 heavy (non-hydrogen) atoms. The highest BCUT2D eigenvalue weighted by atomic mass is 16.3. The monoisotopic (exact) mass is 248 g/mol. The summed E-state index contributed by atoms with van der Waals surface area (Å²) in [4.78, 5) is 11.8. The van der Waals surface area contributed by atoms with Crippen molar-refractivity contribution in [3.05, 3.63) is 35.5 Å². The fraction of sp³-hybridized carbons (Fsp3) is 0.333. The quantitative estimate of drug-likeness (QED) is 0.848. The minimum Gasteiger partial charge on any atom is -0.466 e. The Labute approximate surface area is 105 Å². The summed E-state index contributed by atoms with van der Waals surface area (Å²) in [7, 11) is 0. The molecule has 0 saturated carbocycles. The van der Waals surface area contributed by atoms with Gasteiger partial charge in [0, 0.05) is 12.7 Å². The molecule has 3 N–H and O–H groups in total. The summed E-state index contributed by atoms with van der Waals surface area (Å²) in [5, 5.41) is 6.84. The molecule has 6 nitrogen and oxygen atoms in total. The molecule has 2 heterocycles. The number of aromatic nitrogens is 2. The molecule has 0 aliphatic heterocycles. The van der Waals surface area contributed by atoms with Gasteiger partial charge in [0.2, 0.25) is 0 Å². The largest absolute Gasteiger partial charge is 0.466 e. The zero-order valence-corrected chi connectivity index (χ0v) is 10.4. The van der Waals surface area contributed by atoms with Crippen LogP contribution < -0.4 is 11.1 Å². The minimum absolute atomic E-state index is 0.135. The van der Waals surface area contributed by atoms with Crippen molar-refractivity contribution in [3.8, 4) is 0 Å². The topological polar surface area (TPSA) is 86.1 Å². The van der Waals surface area contributed by atoms with Gasteiger partial charge in [-0.1, -0.05) is 0 Å². The Morgan fingerprint density at radius 2 is 2.33 bits per heavy atom. The number of nitrogens with one attached hydrogen (secondary N) is 1. The van der Waals surface area contributed by atoms with Gasteiger partial charge in [0.25, 0.3) is 5.91 Å². The van der Waals surface area contributed by atoms with E-state index in [9.17, 15) is 4.79 Å². The van der Waals surface area contributed by atoms with Crippen molar-refractivity contribution in [2.45, 2.75) is 20.4 Å². The highest BCUT2D eigenvalue weighted by Crippen LogP contribution is 2.13. The number of aryl methyl sites for hydroxylation is 2. The molecule has 0 saturated heterocycles. The van der Waals surface area contributed by atoms with Crippen LogP contribution in [-0.4, -0.2) is 22.2 Å². The number of carbonyl (C=O) groups excluding carboxylic acids is 1. The second kappa shape index (κ2) is 4.95. The second-order valence-electron chi connectivity index (χ2n) is 4.12. The molecule has 0 aliphatic carbocycles. The highest BCUT2D eigenvalue weighted by Gasteiger charge is 2.12. The molecule has 0 unspecified atom stereocenters. The van der Waals surface area contributed by atoms with Gasteiger partial charge in [-0.3, -0.25) is 9.48 Å². The molecule has 2 rings (SSSR count). The Morgan fingerprint density at radius 1 is 1.56 bits per heavy atom. The standard InChI is InChI=1S/C12H16N4O2/c1-8-5-11(9(2)18-8)12(17)14-3-4-16-7-10(13)6-15-16/h5-7H,3-4,13H2,1-2H3,(H,14,17). The van der Waals surface area contributed by atoms with Crippen LogP contribution in [0.3, 0.4) is 0 Å². The lowest BCUT2D eigenvalue weighted by Crippen LogP contribution is -2.27. The lowest BCUT2D eigenvalue weighted by Gasteiger charge is -2.04. The zero-order valence-electron chi connectivity index (χ0n) is 10.4. The van der Waals surface area contributed by atoms with Crippen LogP contribution in [0, 0.1) is 13.8 Å². The van der Waals surface area contributed by atoms with Crippen molar-refractivity contribution in [1.82, 2.24) is 15.1 Å². The lowest BCUT2D eigenvalue weighted by atomic mass is 10.2. The van der Waals surface area contributed by atoms with Crippen molar-refractivity contribution < 1.29 is 9.21 Å². The molecular weight excluding hydrogens is 232 g/mol. The predicted octanol–water partition coefficient (Wildman–Crippen LogP) is 1.11. The lowest BCUT2D eigenvalue weighted by molar-refractivity contribution is 0.0950. The Hall–Kier alpha value is -2.24. The van der Waals surface area contributed by atoms with E-state index in [0.29, 0.717) is 30.1 Å². The summed E-state index contributed by atoms with van der Waals surface area (Å²) < 4.78 is 6.99. The van der Waals surface area contributed by atoms with Crippen LogP contribution in [0.4, 0.5) is 5.69 Å². The number of hydrogen-bond acceptors (Lipinski definition) is 4. The molecule has 0 aromatic carbocycles. The van der Waals surface area contributed by atoms with Crippen molar-refractivity contribution in [3.63, 3.8) is 0 Å². The first-order valence-corrected chi connectivity index (χ1v) is 5.69. The maximum atomic E-state index is 11.8. The molecule has 0 fully saturated rings. The molecule has 2 aromatic heterocycles. The van der Waals surface area contributed by atoms with Crippen molar-refractivity contribution in [1.29, 1.82) is 0 Å². The first kappa shape index (κ1) is 12.2. The van der Waals surface area contributed by atoms with Gasteiger partial charge in [0.15, 0.2) is 0 Å². The van der Waals surface area contributed by atoms with Crippen LogP contribution in [0.1, 0.15) is 21.9 Å². The van der Waals surface area contributed by atoms with Crippen molar-refractivity contribution in [2.24, 2.45) is 0 Å². The molecule has 0 atom stereocenters. The van der Waals surface area contributed by atoms with E-state index in [-0.39, 0.29) is 5.91 Å². The van der Waals surface area contributed by atoms with Crippen LogP contribution in [0.25, 0.3) is 0 Å². The maximum Gasteiger partial charge on any atom is 0.254 e. The van der Waals surface area contributed by atoms with Crippen LogP contribution in [0.15, 0.2) is 22.9 Å². The van der Waals surface area contributed by atoms with Gasteiger partial charge in [-0.25, -0.2) is 0 Å². The summed E-state index contributed by atoms with van der Waals surface area (Å²) in [5.74, 6) is 1.23. The third-order valence-electron chi connectivity index (χ3n) is 2.57. The van der Waals surface area contributed by atoms with E-state index >= 15 is 0 Å². The number of furan rings is 1. The number of carbonyl (C=O) groups is 1. The van der Waals surface area contributed by atoms with E-state index in [1.54, 1.807) is 30.1 Å². The molecule has 0 spiro atoms. The fourth-order valence-electron chi connectivity index (χ4n) is 1.74. The smallest absolute Gasteiger partial charge is 0.254 e. The Balaban J connectivity index is 1.87. The number of nitrogens with two attached hydrogens (primary N) is 1.